The van der Waals surface area contributed by atoms with Gasteiger partial charge in [0.1, 0.15) is 12.2 Å². The molecule has 0 unspecified atom stereocenters. The Morgan fingerprint density at radius 3 is 2.41 bits per heavy atom. The second-order valence-electron chi connectivity index (χ2n) is 8.78. The van der Waals surface area contributed by atoms with Gasteiger partial charge in [0.25, 0.3) is 17.5 Å². The van der Waals surface area contributed by atoms with Crippen LogP contribution in [0.2, 0.25) is 0 Å². The number of ether oxygens (including phenoxy) is 2. The molecule has 39 heavy (non-hydrogen) atoms. The number of hydrogen-bond acceptors (Lipinski definition) is 7. The molecule has 3 aromatic rings. The summed E-state index contributed by atoms with van der Waals surface area (Å²) >= 11 is 3.50. The van der Waals surface area contributed by atoms with Crippen LogP contribution in [-0.2, 0) is 16.2 Å². The monoisotopic (exact) mass is 593 g/mol. The first kappa shape index (κ1) is 27.5. The summed E-state index contributed by atoms with van der Waals surface area (Å²) in [6, 6.07) is 13.4. The smallest absolute Gasteiger partial charge is 0.335 e. The molecule has 0 bridgehead atoms. The number of rotatable bonds is 8. The number of imide groups is 2. The van der Waals surface area contributed by atoms with Gasteiger partial charge in [-0.15, -0.1) is 0 Å². The van der Waals surface area contributed by atoms with E-state index in [-0.39, 0.29) is 16.9 Å². The van der Waals surface area contributed by atoms with Crippen LogP contribution >= 0.6 is 15.9 Å². The minimum absolute atomic E-state index is 0.0450. The SMILES string of the molecule is CCOc1cc(/C=C2\C(=O)NC(=O)N(c3cccc([N+](=O)[O-])c3)C2=O)cc(Br)c1OCc1cc(C)cc(C)c1. The van der Waals surface area contributed by atoms with Crippen molar-refractivity contribution in [1.82, 2.24) is 5.32 Å². The predicted octanol–water partition coefficient (Wildman–Crippen LogP) is 5.62. The number of halogens is 1. The summed E-state index contributed by atoms with van der Waals surface area (Å²) in [5.74, 6) is -0.978. The minimum atomic E-state index is -1.01. The van der Waals surface area contributed by atoms with E-state index in [0.29, 0.717) is 39.6 Å². The van der Waals surface area contributed by atoms with Crippen LogP contribution in [0.1, 0.15) is 29.2 Å². The van der Waals surface area contributed by atoms with E-state index in [9.17, 15) is 24.5 Å². The first-order chi connectivity index (χ1) is 18.6. The average molecular weight is 594 g/mol. The molecule has 1 aliphatic rings. The largest absolute Gasteiger partial charge is 0.490 e. The lowest BCUT2D eigenvalue weighted by atomic mass is 10.1. The van der Waals surface area contributed by atoms with E-state index >= 15 is 0 Å². The Morgan fingerprint density at radius 1 is 1.03 bits per heavy atom. The zero-order valence-electron chi connectivity index (χ0n) is 21.3. The van der Waals surface area contributed by atoms with Crippen molar-refractivity contribution in [3.05, 3.63) is 97.0 Å². The molecule has 0 saturated carbocycles. The number of aryl methyl sites for hydroxylation is 2. The number of amides is 4. The highest BCUT2D eigenvalue weighted by atomic mass is 79.9. The Kier molecular flexibility index (Phi) is 8.10. The van der Waals surface area contributed by atoms with Crippen molar-refractivity contribution >= 4 is 51.2 Å². The number of nitro groups is 1. The van der Waals surface area contributed by atoms with Gasteiger partial charge in [-0.05, 0) is 72.1 Å². The summed E-state index contributed by atoms with van der Waals surface area (Å²) in [6.45, 7) is 6.46. The van der Waals surface area contributed by atoms with Crippen molar-refractivity contribution < 1.29 is 28.8 Å². The van der Waals surface area contributed by atoms with Crippen LogP contribution in [0.15, 0.2) is 64.6 Å². The van der Waals surface area contributed by atoms with E-state index in [2.05, 4.69) is 27.3 Å². The highest BCUT2D eigenvalue weighted by Crippen LogP contribution is 2.38. The first-order valence-electron chi connectivity index (χ1n) is 11.9. The third-order valence-electron chi connectivity index (χ3n) is 5.71. The third kappa shape index (κ3) is 6.15. The summed E-state index contributed by atoms with van der Waals surface area (Å²) in [7, 11) is 0. The van der Waals surface area contributed by atoms with Crippen molar-refractivity contribution in [2.75, 3.05) is 11.5 Å². The molecule has 0 spiro atoms. The van der Waals surface area contributed by atoms with Gasteiger partial charge in [0.2, 0.25) is 0 Å². The molecule has 1 saturated heterocycles. The number of carbonyl (C=O) groups is 3. The Hall–Kier alpha value is -4.51. The lowest BCUT2D eigenvalue weighted by Gasteiger charge is -2.26. The molecule has 200 valence electrons. The van der Waals surface area contributed by atoms with Crippen molar-refractivity contribution in [3.63, 3.8) is 0 Å². The molecule has 0 aromatic heterocycles. The van der Waals surface area contributed by atoms with E-state index < -0.39 is 22.8 Å². The van der Waals surface area contributed by atoms with Gasteiger partial charge in [0.15, 0.2) is 11.5 Å². The molecule has 1 N–H and O–H groups in total. The van der Waals surface area contributed by atoms with Crippen LogP contribution in [0.3, 0.4) is 0 Å². The quantitative estimate of drug-likeness (QED) is 0.155. The molecule has 0 radical (unpaired) electrons. The standard InChI is InChI=1S/C28H24BrN3O7/c1-4-38-24-13-18(12-23(29)25(24)39-15-19-9-16(2)8-17(3)10-19)11-22-26(33)30-28(35)31(27(22)34)20-6-5-7-21(14-20)32(36)37/h5-14H,4,15H2,1-3H3,(H,30,33,35)/b22-11+. The van der Waals surface area contributed by atoms with E-state index in [4.69, 9.17) is 9.47 Å². The topological polar surface area (TPSA) is 128 Å². The van der Waals surface area contributed by atoms with Crippen molar-refractivity contribution in [2.45, 2.75) is 27.4 Å². The van der Waals surface area contributed by atoms with Gasteiger partial charge in [-0.3, -0.25) is 25.0 Å². The summed E-state index contributed by atoms with van der Waals surface area (Å²) in [6.07, 6.45) is 1.31. The number of nitro benzene ring substituents is 1. The Bertz CT molecular complexity index is 1510. The zero-order valence-corrected chi connectivity index (χ0v) is 22.9. The third-order valence-corrected chi connectivity index (χ3v) is 6.30. The Balaban J connectivity index is 1.67. The van der Waals surface area contributed by atoms with Gasteiger partial charge in [-0.1, -0.05) is 35.4 Å². The number of non-ortho nitro benzene ring substituents is 1. The van der Waals surface area contributed by atoms with Gasteiger partial charge in [-0.2, -0.15) is 0 Å². The molecular formula is C28H24BrN3O7. The first-order valence-corrected chi connectivity index (χ1v) is 12.7. The van der Waals surface area contributed by atoms with Crippen LogP contribution in [0, 0.1) is 24.0 Å². The zero-order chi connectivity index (χ0) is 28.3. The normalized spacial score (nSPS) is 14.4. The highest BCUT2D eigenvalue weighted by molar-refractivity contribution is 9.10. The molecule has 3 aromatic carbocycles. The number of nitrogens with one attached hydrogen (secondary N) is 1. The number of nitrogens with zero attached hydrogens (tertiary/aromatic N) is 2. The molecule has 1 fully saturated rings. The Labute approximate surface area is 232 Å². The molecule has 4 rings (SSSR count). The number of benzene rings is 3. The molecule has 1 aliphatic heterocycles. The van der Waals surface area contributed by atoms with Gasteiger partial charge >= 0.3 is 6.03 Å². The van der Waals surface area contributed by atoms with Crippen LogP contribution in [0.5, 0.6) is 11.5 Å². The summed E-state index contributed by atoms with van der Waals surface area (Å²) in [4.78, 5) is 49.6. The fourth-order valence-electron chi connectivity index (χ4n) is 4.19. The molecule has 4 amide bonds. The van der Waals surface area contributed by atoms with Gasteiger partial charge < -0.3 is 9.47 Å². The van der Waals surface area contributed by atoms with E-state index in [1.54, 1.807) is 12.1 Å². The maximum atomic E-state index is 13.2. The second kappa shape index (κ2) is 11.5. The fraction of sp³-hybridized carbons (Fsp3) is 0.179. The molecule has 0 atom stereocenters. The maximum Gasteiger partial charge on any atom is 0.335 e. The summed E-state index contributed by atoms with van der Waals surface area (Å²) in [5, 5.41) is 13.3. The highest BCUT2D eigenvalue weighted by Gasteiger charge is 2.37. The molecule has 0 aliphatic carbocycles. The predicted molar refractivity (Wildman–Crippen MR) is 148 cm³/mol. The van der Waals surface area contributed by atoms with Crippen molar-refractivity contribution in [2.24, 2.45) is 0 Å². The van der Waals surface area contributed by atoms with E-state index in [1.807, 2.05) is 32.9 Å². The van der Waals surface area contributed by atoms with Crippen LogP contribution in [0.25, 0.3) is 6.08 Å². The van der Waals surface area contributed by atoms with Crippen LogP contribution in [0.4, 0.5) is 16.2 Å². The maximum absolute atomic E-state index is 13.2. The second-order valence-corrected chi connectivity index (χ2v) is 9.64. The number of urea groups is 1. The number of hydrogen-bond donors (Lipinski definition) is 1. The molecule has 11 heteroatoms. The van der Waals surface area contributed by atoms with Crippen molar-refractivity contribution in [3.8, 4) is 11.5 Å². The molecule has 1 heterocycles. The van der Waals surface area contributed by atoms with Crippen LogP contribution in [-0.4, -0.2) is 29.4 Å². The minimum Gasteiger partial charge on any atom is -0.490 e. The van der Waals surface area contributed by atoms with Gasteiger partial charge in [0.05, 0.1) is 21.7 Å². The van der Waals surface area contributed by atoms with Gasteiger partial charge in [-0.25, -0.2) is 9.69 Å². The number of barbiturate groups is 1. The summed E-state index contributed by atoms with van der Waals surface area (Å²) in [5.41, 5.74) is 2.97. The number of carbonyl (C=O) groups excluding carboxylic acids is 3. The van der Waals surface area contributed by atoms with E-state index in [0.717, 1.165) is 22.8 Å². The summed E-state index contributed by atoms with van der Waals surface area (Å²) < 4.78 is 12.4. The Morgan fingerprint density at radius 2 is 1.74 bits per heavy atom. The lowest BCUT2D eigenvalue weighted by Crippen LogP contribution is -2.54. The van der Waals surface area contributed by atoms with E-state index in [1.165, 1.54) is 24.3 Å². The molecule has 10 nitrogen and oxygen atoms in total. The lowest BCUT2D eigenvalue weighted by molar-refractivity contribution is -0.384. The fourth-order valence-corrected chi connectivity index (χ4v) is 4.76. The van der Waals surface area contributed by atoms with Gasteiger partial charge in [0, 0.05) is 12.1 Å². The molecular weight excluding hydrogens is 570 g/mol. The average Bonchev–Trinajstić information content (AvgIpc) is 2.86. The van der Waals surface area contributed by atoms with Crippen molar-refractivity contribution in [1.29, 1.82) is 0 Å². The van der Waals surface area contributed by atoms with Crippen LogP contribution < -0.4 is 19.7 Å². The number of anilines is 1.